The SMILES string of the molecule is CCCc1ccc(CCC)n1C(=O)OC(C)(C)C. The summed E-state index contributed by atoms with van der Waals surface area (Å²) in [7, 11) is 0. The summed E-state index contributed by atoms with van der Waals surface area (Å²) in [5.41, 5.74) is 1.65. The highest BCUT2D eigenvalue weighted by atomic mass is 16.6. The van der Waals surface area contributed by atoms with Crippen LogP contribution >= 0.6 is 0 Å². The fourth-order valence-electron chi connectivity index (χ4n) is 1.97. The van der Waals surface area contributed by atoms with Gasteiger partial charge in [-0.15, -0.1) is 0 Å². The van der Waals surface area contributed by atoms with Crippen molar-refractivity contribution < 1.29 is 9.53 Å². The number of hydrogen-bond acceptors (Lipinski definition) is 2. The van der Waals surface area contributed by atoms with Crippen LogP contribution in [0.15, 0.2) is 12.1 Å². The zero-order valence-electron chi connectivity index (χ0n) is 12.2. The van der Waals surface area contributed by atoms with Crippen molar-refractivity contribution in [1.29, 1.82) is 0 Å². The number of aromatic nitrogens is 1. The highest BCUT2D eigenvalue weighted by molar-refractivity contribution is 5.73. The van der Waals surface area contributed by atoms with Crippen molar-refractivity contribution in [3.8, 4) is 0 Å². The molecule has 0 aliphatic heterocycles. The van der Waals surface area contributed by atoms with Crippen molar-refractivity contribution in [1.82, 2.24) is 4.57 Å². The van der Waals surface area contributed by atoms with Crippen molar-refractivity contribution in [3.63, 3.8) is 0 Å². The zero-order chi connectivity index (χ0) is 13.8. The van der Waals surface area contributed by atoms with Crippen LogP contribution in [0.5, 0.6) is 0 Å². The molecular weight excluding hydrogens is 226 g/mol. The lowest BCUT2D eigenvalue weighted by atomic mass is 10.2. The van der Waals surface area contributed by atoms with Gasteiger partial charge in [-0.2, -0.15) is 0 Å². The Morgan fingerprint density at radius 1 is 1.11 bits per heavy atom. The van der Waals surface area contributed by atoms with E-state index in [-0.39, 0.29) is 6.09 Å². The van der Waals surface area contributed by atoms with Crippen LogP contribution in [0.2, 0.25) is 0 Å². The van der Waals surface area contributed by atoms with Gasteiger partial charge in [0, 0.05) is 11.4 Å². The van der Waals surface area contributed by atoms with E-state index in [9.17, 15) is 4.79 Å². The molecule has 0 N–H and O–H groups in total. The molecule has 102 valence electrons. The Hall–Kier alpha value is -1.25. The van der Waals surface area contributed by atoms with Crippen molar-refractivity contribution in [2.24, 2.45) is 0 Å². The smallest absolute Gasteiger partial charge is 0.418 e. The van der Waals surface area contributed by atoms with E-state index in [4.69, 9.17) is 4.74 Å². The number of nitrogens with zero attached hydrogens (tertiary/aromatic N) is 1. The van der Waals surface area contributed by atoms with E-state index < -0.39 is 5.60 Å². The van der Waals surface area contributed by atoms with Crippen LogP contribution in [-0.4, -0.2) is 16.3 Å². The number of rotatable bonds is 4. The summed E-state index contributed by atoms with van der Waals surface area (Å²) in [5.74, 6) is 0. The second-order valence-corrected chi connectivity index (χ2v) is 5.63. The molecule has 0 spiro atoms. The molecule has 1 heterocycles. The maximum Gasteiger partial charge on any atom is 0.418 e. The van der Waals surface area contributed by atoms with Gasteiger partial charge in [0.05, 0.1) is 0 Å². The average molecular weight is 251 g/mol. The van der Waals surface area contributed by atoms with Gasteiger partial charge in [-0.3, -0.25) is 4.57 Å². The van der Waals surface area contributed by atoms with Crippen molar-refractivity contribution in [2.75, 3.05) is 0 Å². The monoisotopic (exact) mass is 251 g/mol. The molecule has 0 aliphatic rings. The molecule has 0 amide bonds. The van der Waals surface area contributed by atoms with Gasteiger partial charge in [-0.1, -0.05) is 26.7 Å². The summed E-state index contributed by atoms with van der Waals surface area (Å²) in [6, 6.07) is 4.08. The molecule has 0 bridgehead atoms. The third kappa shape index (κ3) is 3.90. The van der Waals surface area contributed by atoms with Crippen LogP contribution in [0.4, 0.5) is 4.79 Å². The van der Waals surface area contributed by atoms with Crippen LogP contribution in [0, 0.1) is 0 Å². The van der Waals surface area contributed by atoms with Crippen molar-refractivity contribution >= 4 is 6.09 Å². The zero-order valence-corrected chi connectivity index (χ0v) is 12.2. The van der Waals surface area contributed by atoms with Gasteiger partial charge in [0.25, 0.3) is 0 Å². The first-order chi connectivity index (χ1) is 8.39. The highest BCUT2D eigenvalue weighted by Gasteiger charge is 2.21. The van der Waals surface area contributed by atoms with Gasteiger partial charge in [-0.05, 0) is 45.7 Å². The summed E-state index contributed by atoms with van der Waals surface area (Å²) in [6.07, 6.45) is 3.61. The Morgan fingerprint density at radius 2 is 1.56 bits per heavy atom. The van der Waals surface area contributed by atoms with Crippen LogP contribution < -0.4 is 0 Å². The lowest BCUT2D eigenvalue weighted by molar-refractivity contribution is 0.0528. The minimum absolute atomic E-state index is 0.251. The molecule has 18 heavy (non-hydrogen) atoms. The fraction of sp³-hybridized carbons (Fsp3) is 0.667. The highest BCUT2D eigenvalue weighted by Crippen LogP contribution is 2.17. The van der Waals surface area contributed by atoms with E-state index in [1.165, 1.54) is 0 Å². The number of carbonyl (C=O) groups is 1. The summed E-state index contributed by atoms with van der Waals surface area (Å²) < 4.78 is 7.23. The second kappa shape index (κ2) is 6.07. The van der Waals surface area contributed by atoms with Gasteiger partial charge < -0.3 is 4.74 Å². The Morgan fingerprint density at radius 3 is 1.89 bits per heavy atom. The number of ether oxygens (including phenoxy) is 1. The third-order valence-electron chi connectivity index (χ3n) is 2.63. The molecule has 0 atom stereocenters. The standard InChI is InChI=1S/C15H25NO2/c1-6-8-12-10-11-13(9-7-2)16(12)14(17)18-15(3,4)5/h10-11H,6-9H2,1-5H3. The maximum atomic E-state index is 12.3. The molecule has 0 fully saturated rings. The van der Waals surface area contributed by atoms with Crippen molar-refractivity contribution in [3.05, 3.63) is 23.5 Å². The summed E-state index contributed by atoms with van der Waals surface area (Å²) in [4.78, 5) is 12.3. The lowest BCUT2D eigenvalue weighted by Gasteiger charge is -2.21. The second-order valence-electron chi connectivity index (χ2n) is 5.63. The molecule has 1 aromatic heterocycles. The van der Waals surface area contributed by atoms with E-state index in [1.807, 2.05) is 32.9 Å². The minimum Gasteiger partial charge on any atom is -0.443 e. The fourth-order valence-corrected chi connectivity index (χ4v) is 1.97. The van der Waals surface area contributed by atoms with E-state index >= 15 is 0 Å². The van der Waals surface area contributed by atoms with Gasteiger partial charge in [0.15, 0.2) is 0 Å². The van der Waals surface area contributed by atoms with Crippen LogP contribution in [-0.2, 0) is 17.6 Å². The van der Waals surface area contributed by atoms with Gasteiger partial charge in [-0.25, -0.2) is 4.79 Å². The number of carbonyl (C=O) groups excluding carboxylic acids is 1. The number of hydrogen-bond donors (Lipinski definition) is 0. The first-order valence-electron chi connectivity index (χ1n) is 6.82. The molecule has 0 saturated carbocycles. The molecule has 0 aromatic carbocycles. The summed E-state index contributed by atoms with van der Waals surface area (Å²) >= 11 is 0. The van der Waals surface area contributed by atoms with Gasteiger partial charge >= 0.3 is 6.09 Å². The Bertz CT molecular complexity index is 376. The van der Waals surface area contributed by atoms with E-state index in [0.717, 1.165) is 37.1 Å². The lowest BCUT2D eigenvalue weighted by Crippen LogP contribution is -2.29. The average Bonchev–Trinajstić information content (AvgIpc) is 2.60. The topological polar surface area (TPSA) is 31.2 Å². The van der Waals surface area contributed by atoms with Crippen molar-refractivity contribution in [2.45, 2.75) is 65.9 Å². The van der Waals surface area contributed by atoms with Crippen LogP contribution in [0.25, 0.3) is 0 Å². The van der Waals surface area contributed by atoms with E-state index in [0.29, 0.717) is 0 Å². The first kappa shape index (κ1) is 14.8. The Balaban J connectivity index is 3.02. The maximum absolute atomic E-state index is 12.3. The molecule has 1 aromatic rings. The van der Waals surface area contributed by atoms with E-state index in [1.54, 1.807) is 4.57 Å². The largest absolute Gasteiger partial charge is 0.443 e. The summed E-state index contributed by atoms with van der Waals surface area (Å²) in [6.45, 7) is 9.92. The van der Waals surface area contributed by atoms with Crippen LogP contribution in [0.3, 0.4) is 0 Å². The molecule has 0 radical (unpaired) electrons. The molecular formula is C15H25NO2. The molecule has 1 rings (SSSR count). The van der Waals surface area contributed by atoms with Crippen LogP contribution in [0.1, 0.15) is 58.8 Å². The molecule has 0 saturated heterocycles. The summed E-state index contributed by atoms with van der Waals surface area (Å²) in [5, 5.41) is 0. The molecule has 0 unspecified atom stereocenters. The molecule has 3 heteroatoms. The normalized spacial score (nSPS) is 11.6. The van der Waals surface area contributed by atoms with E-state index in [2.05, 4.69) is 13.8 Å². The van der Waals surface area contributed by atoms with Gasteiger partial charge in [0.2, 0.25) is 0 Å². The third-order valence-corrected chi connectivity index (χ3v) is 2.63. The molecule has 0 aliphatic carbocycles. The molecule has 3 nitrogen and oxygen atoms in total. The first-order valence-corrected chi connectivity index (χ1v) is 6.82. The Labute approximate surface area is 110 Å². The number of aryl methyl sites for hydroxylation is 2. The predicted molar refractivity (Wildman–Crippen MR) is 74.1 cm³/mol. The van der Waals surface area contributed by atoms with Gasteiger partial charge in [0.1, 0.15) is 5.60 Å². The Kier molecular flexibility index (Phi) is 5.00. The predicted octanol–water partition coefficient (Wildman–Crippen LogP) is 4.18. The minimum atomic E-state index is -0.450. The quantitative estimate of drug-likeness (QED) is 0.804.